The van der Waals surface area contributed by atoms with Crippen molar-refractivity contribution in [2.45, 2.75) is 62.2 Å². The minimum atomic E-state index is 0.197. The first-order valence-corrected chi connectivity index (χ1v) is 8.26. The Labute approximate surface area is 116 Å². The van der Waals surface area contributed by atoms with Crippen LogP contribution >= 0.6 is 11.8 Å². The molecule has 2 aliphatic heterocycles. The van der Waals surface area contributed by atoms with Crippen molar-refractivity contribution < 1.29 is 4.74 Å². The quantitative estimate of drug-likeness (QED) is 0.854. The van der Waals surface area contributed by atoms with Crippen LogP contribution in [0.1, 0.15) is 40.0 Å². The molecule has 2 saturated heterocycles. The minimum absolute atomic E-state index is 0.197. The van der Waals surface area contributed by atoms with E-state index in [4.69, 9.17) is 10.5 Å². The molecule has 2 aliphatic rings. The van der Waals surface area contributed by atoms with Crippen LogP contribution in [0.4, 0.5) is 0 Å². The van der Waals surface area contributed by atoms with Gasteiger partial charge in [0.1, 0.15) is 0 Å². The summed E-state index contributed by atoms with van der Waals surface area (Å²) in [7, 11) is 0. The number of ether oxygens (including phenoxy) is 1. The molecule has 18 heavy (non-hydrogen) atoms. The molecule has 2 heterocycles. The summed E-state index contributed by atoms with van der Waals surface area (Å²) in [6.45, 7) is 10.9. The van der Waals surface area contributed by atoms with Crippen LogP contribution in [0, 0.1) is 0 Å². The standard InChI is InChI=1S/C14H28N2OS/c1-4-13-7-14(10-15,5-6-17-13)16-8-11(2)18-12(3)9-16/h11-13H,4-10,15H2,1-3H3. The van der Waals surface area contributed by atoms with E-state index in [0.717, 1.165) is 42.9 Å². The lowest BCUT2D eigenvalue weighted by Gasteiger charge is -2.51. The van der Waals surface area contributed by atoms with Crippen molar-refractivity contribution in [2.75, 3.05) is 26.2 Å². The number of hydrogen-bond acceptors (Lipinski definition) is 4. The molecule has 0 saturated carbocycles. The van der Waals surface area contributed by atoms with E-state index < -0.39 is 0 Å². The molecule has 106 valence electrons. The Morgan fingerprint density at radius 1 is 1.33 bits per heavy atom. The summed E-state index contributed by atoms with van der Waals surface area (Å²) in [5.41, 5.74) is 6.37. The average molecular weight is 272 g/mol. The zero-order valence-electron chi connectivity index (χ0n) is 12.0. The lowest BCUT2D eigenvalue weighted by Crippen LogP contribution is -2.62. The van der Waals surface area contributed by atoms with Crippen LogP contribution in [0.15, 0.2) is 0 Å². The van der Waals surface area contributed by atoms with Gasteiger partial charge in [-0.1, -0.05) is 20.8 Å². The highest BCUT2D eigenvalue weighted by atomic mass is 32.2. The van der Waals surface area contributed by atoms with Crippen molar-refractivity contribution in [2.24, 2.45) is 5.73 Å². The summed E-state index contributed by atoms with van der Waals surface area (Å²) in [6.07, 6.45) is 3.73. The van der Waals surface area contributed by atoms with E-state index in [1.54, 1.807) is 0 Å². The molecule has 2 rings (SSSR count). The molecule has 4 unspecified atom stereocenters. The molecule has 4 atom stereocenters. The highest BCUT2D eigenvalue weighted by Crippen LogP contribution is 2.36. The van der Waals surface area contributed by atoms with Gasteiger partial charge in [0.15, 0.2) is 0 Å². The topological polar surface area (TPSA) is 38.5 Å². The zero-order valence-corrected chi connectivity index (χ0v) is 12.8. The number of thioether (sulfide) groups is 1. The molecule has 0 bridgehead atoms. The lowest BCUT2D eigenvalue weighted by atomic mass is 9.83. The van der Waals surface area contributed by atoms with Gasteiger partial charge in [-0.15, -0.1) is 0 Å². The normalized spacial score (nSPS) is 43.0. The predicted molar refractivity (Wildman–Crippen MR) is 79.1 cm³/mol. The smallest absolute Gasteiger partial charge is 0.0590 e. The average Bonchev–Trinajstić information content (AvgIpc) is 2.37. The van der Waals surface area contributed by atoms with Crippen LogP contribution in [0.25, 0.3) is 0 Å². The first kappa shape index (κ1) is 14.6. The number of rotatable bonds is 3. The van der Waals surface area contributed by atoms with Crippen LogP contribution in [-0.2, 0) is 4.74 Å². The molecule has 0 spiro atoms. The van der Waals surface area contributed by atoms with Crippen LogP contribution in [0.2, 0.25) is 0 Å². The maximum atomic E-state index is 6.17. The molecule has 0 aliphatic carbocycles. The largest absolute Gasteiger partial charge is 0.378 e. The first-order chi connectivity index (χ1) is 8.59. The molecule has 0 amide bonds. The summed E-state index contributed by atoms with van der Waals surface area (Å²) in [5.74, 6) is 0. The molecule has 0 aromatic carbocycles. The van der Waals surface area contributed by atoms with Gasteiger partial charge in [-0.2, -0.15) is 11.8 Å². The monoisotopic (exact) mass is 272 g/mol. The Hall–Kier alpha value is 0.230. The van der Waals surface area contributed by atoms with E-state index in [-0.39, 0.29) is 5.54 Å². The van der Waals surface area contributed by atoms with E-state index in [1.165, 1.54) is 13.1 Å². The van der Waals surface area contributed by atoms with Crippen LogP contribution in [0.5, 0.6) is 0 Å². The Kier molecular flexibility index (Phi) is 4.98. The highest BCUT2D eigenvalue weighted by Gasteiger charge is 2.42. The van der Waals surface area contributed by atoms with Gasteiger partial charge in [0.25, 0.3) is 0 Å². The van der Waals surface area contributed by atoms with Gasteiger partial charge in [-0.25, -0.2) is 0 Å². The summed E-state index contributed by atoms with van der Waals surface area (Å²) in [6, 6.07) is 0. The summed E-state index contributed by atoms with van der Waals surface area (Å²) in [5, 5.41) is 1.44. The van der Waals surface area contributed by atoms with E-state index >= 15 is 0 Å². The maximum absolute atomic E-state index is 6.17. The third-order valence-electron chi connectivity index (χ3n) is 4.45. The molecule has 3 nitrogen and oxygen atoms in total. The van der Waals surface area contributed by atoms with Crippen molar-refractivity contribution in [3.63, 3.8) is 0 Å². The van der Waals surface area contributed by atoms with Crippen molar-refractivity contribution in [1.82, 2.24) is 4.90 Å². The van der Waals surface area contributed by atoms with Gasteiger partial charge in [0.05, 0.1) is 6.10 Å². The van der Waals surface area contributed by atoms with Crippen molar-refractivity contribution in [3.05, 3.63) is 0 Å². The van der Waals surface area contributed by atoms with Gasteiger partial charge >= 0.3 is 0 Å². The molecule has 2 N–H and O–H groups in total. The minimum Gasteiger partial charge on any atom is -0.378 e. The highest BCUT2D eigenvalue weighted by molar-refractivity contribution is 8.00. The Morgan fingerprint density at radius 3 is 2.56 bits per heavy atom. The zero-order chi connectivity index (χ0) is 13.2. The van der Waals surface area contributed by atoms with Crippen molar-refractivity contribution >= 4 is 11.8 Å². The summed E-state index contributed by atoms with van der Waals surface area (Å²) in [4.78, 5) is 2.67. The fourth-order valence-corrected chi connectivity index (χ4v) is 4.75. The number of nitrogens with two attached hydrogens (primary N) is 1. The number of nitrogens with zero attached hydrogens (tertiary/aromatic N) is 1. The van der Waals surface area contributed by atoms with E-state index in [0.29, 0.717) is 6.10 Å². The van der Waals surface area contributed by atoms with Crippen molar-refractivity contribution in [1.29, 1.82) is 0 Å². The van der Waals surface area contributed by atoms with Gasteiger partial charge in [-0.05, 0) is 19.3 Å². The van der Waals surface area contributed by atoms with Crippen LogP contribution < -0.4 is 5.73 Å². The molecule has 2 fully saturated rings. The van der Waals surface area contributed by atoms with Crippen LogP contribution in [-0.4, -0.2) is 53.3 Å². The Bertz CT molecular complexity index is 267. The van der Waals surface area contributed by atoms with E-state index in [2.05, 4.69) is 37.4 Å². The maximum Gasteiger partial charge on any atom is 0.0590 e. The van der Waals surface area contributed by atoms with E-state index in [9.17, 15) is 0 Å². The Balaban J connectivity index is 2.10. The first-order valence-electron chi connectivity index (χ1n) is 7.32. The van der Waals surface area contributed by atoms with Gasteiger partial charge in [0.2, 0.25) is 0 Å². The van der Waals surface area contributed by atoms with Crippen LogP contribution in [0.3, 0.4) is 0 Å². The molecule has 0 aromatic rings. The summed E-state index contributed by atoms with van der Waals surface area (Å²) < 4.78 is 5.84. The van der Waals surface area contributed by atoms with Gasteiger partial charge in [0, 0.05) is 42.3 Å². The van der Waals surface area contributed by atoms with Gasteiger partial charge in [-0.3, -0.25) is 4.90 Å². The predicted octanol–water partition coefficient (Wildman–Crippen LogP) is 2.10. The second-order valence-corrected chi connectivity index (χ2v) is 7.83. The molecule has 4 heteroatoms. The SMILES string of the molecule is CCC1CC(CN)(N2CC(C)SC(C)C2)CCO1. The van der Waals surface area contributed by atoms with E-state index in [1.807, 2.05) is 0 Å². The van der Waals surface area contributed by atoms with Crippen molar-refractivity contribution in [3.8, 4) is 0 Å². The number of hydrogen-bond donors (Lipinski definition) is 1. The molecular weight excluding hydrogens is 244 g/mol. The third-order valence-corrected chi connectivity index (χ3v) is 5.68. The fourth-order valence-electron chi connectivity index (χ4n) is 3.43. The molecule has 0 radical (unpaired) electrons. The summed E-state index contributed by atoms with van der Waals surface area (Å²) >= 11 is 2.11. The fraction of sp³-hybridized carbons (Fsp3) is 1.00. The Morgan fingerprint density at radius 2 is 2.00 bits per heavy atom. The second kappa shape index (κ2) is 6.12. The third kappa shape index (κ3) is 3.03. The molecule has 0 aromatic heterocycles. The van der Waals surface area contributed by atoms with Gasteiger partial charge < -0.3 is 10.5 Å². The molecular formula is C14H28N2OS. The second-order valence-electron chi connectivity index (χ2n) is 5.95. The lowest BCUT2D eigenvalue weighted by molar-refractivity contribution is -0.0724.